The van der Waals surface area contributed by atoms with Crippen molar-refractivity contribution in [2.24, 2.45) is 0 Å². The van der Waals surface area contributed by atoms with Crippen LogP contribution in [0, 0.1) is 0 Å². The highest BCUT2D eigenvalue weighted by Gasteiger charge is 2.48. The molecule has 0 spiro atoms. The van der Waals surface area contributed by atoms with Gasteiger partial charge in [0.2, 0.25) is 5.91 Å². The lowest BCUT2D eigenvalue weighted by atomic mass is 9.89. The van der Waals surface area contributed by atoms with E-state index in [4.69, 9.17) is 0 Å². The Morgan fingerprint density at radius 2 is 1.96 bits per heavy atom. The fourth-order valence-corrected chi connectivity index (χ4v) is 3.84. The Labute approximate surface area is 134 Å². The normalized spacial score (nSPS) is 26.8. The first-order valence-electron chi connectivity index (χ1n) is 8.01. The third-order valence-corrected chi connectivity index (χ3v) is 5.37. The van der Waals surface area contributed by atoms with E-state index in [1.54, 1.807) is 11.8 Å². The highest BCUT2D eigenvalue weighted by atomic mass is 16.2. The van der Waals surface area contributed by atoms with Crippen molar-refractivity contribution in [2.45, 2.75) is 44.8 Å². The van der Waals surface area contributed by atoms with Gasteiger partial charge in [-0.05, 0) is 49.1 Å². The Bertz CT molecular complexity index is 743. The fourth-order valence-electron chi connectivity index (χ4n) is 3.84. The number of hydrogen-bond acceptors (Lipinski definition) is 4. The number of amides is 3. The van der Waals surface area contributed by atoms with Gasteiger partial charge in [0, 0.05) is 25.1 Å². The summed E-state index contributed by atoms with van der Waals surface area (Å²) in [5.41, 5.74) is 3.24. The van der Waals surface area contributed by atoms with Gasteiger partial charge in [0.15, 0.2) is 0 Å². The Morgan fingerprint density at radius 1 is 1.13 bits per heavy atom. The van der Waals surface area contributed by atoms with E-state index in [-0.39, 0.29) is 24.1 Å². The van der Waals surface area contributed by atoms with E-state index < -0.39 is 5.54 Å². The molecule has 1 unspecified atom stereocenters. The van der Waals surface area contributed by atoms with Gasteiger partial charge in [-0.1, -0.05) is 6.07 Å². The summed E-state index contributed by atoms with van der Waals surface area (Å²) in [4.78, 5) is 38.3. The molecule has 0 radical (unpaired) electrons. The molecule has 3 amide bonds. The van der Waals surface area contributed by atoms with Gasteiger partial charge in [0.05, 0.1) is 0 Å². The SMILES string of the molecule is CC1(N2Cc3c(ccc4c3CNCC4)C2=O)CCC(=O)NC1=O. The number of nitrogens with zero attached hydrogens (tertiary/aromatic N) is 1. The second-order valence-electron chi connectivity index (χ2n) is 6.70. The van der Waals surface area contributed by atoms with Crippen molar-refractivity contribution in [3.63, 3.8) is 0 Å². The van der Waals surface area contributed by atoms with Gasteiger partial charge in [-0.15, -0.1) is 0 Å². The fraction of sp³-hybridized carbons (Fsp3) is 0.471. The third kappa shape index (κ3) is 2.01. The van der Waals surface area contributed by atoms with Crippen LogP contribution in [0.3, 0.4) is 0 Å². The van der Waals surface area contributed by atoms with Gasteiger partial charge in [-0.25, -0.2) is 0 Å². The number of nitrogens with one attached hydrogen (secondary N) is 2. The van der Waals surface area contributed by atoms with E-state index in [1.165, 1.54) is 11.1 Å². The van der Waals surface area contributed by atoms with Crippen molar-refractivity contribution in [1.29, 1.82) is 0 Å². The largest absolute Gasteiger partial charge is 0.320 e. The lowest BCUT2D eigenvalue weighted by Crippen LogP contribution is -2.61. The van der Waals surface area contributed by atoms with Crippen molar-refractivity contribution in [3.05, 3.63) is 34.4 Å². The molecule has 1 aromatic carbocycles. The Hall–Kier alpha value is -2.21. The second kappa shape index (κ2) is 4.89. The number of hydrogen-bond donors (Lipinski definition) is 2. The summed E-state index contributed by atoms with van der Waals surface area (Å²) in [5.74, 6) is -0.750. The molecule has 1 fully saturated rings. The smallest absolute Gasteiger partial charge is 0.255 e. The number of imide groups is 1. The first kappa shape index (κ1) is 14.4. The van der Waals surface area contributed by atoms with Gasteiger partial charge in [0.25, 0.3) is 11.8 Å². The van der Waals surface area contributed by atoms with Crippen LogP contribution in [0.25, 0.3) is 0 Å². The number of fused-ring (bicyclic) bond motifs is 3. The third-order valence-electron chi connectivity index (χ3n) is 5.37. The quantitative estimate of drug-likeness (QED) is 0.739. The van der Waals surface area contributed by atoms with Crippen LogP contribution in [-0.2, 0) is 29.1 Å². The van der Waals surface area contributed by atoms with Crippen LogP contribution in [0.2, 0.25) is 0 Å². The molecule has 2 N–H and O–H groups in total. The van der Waals surface area contributed by atoms with Crippen LogP contribution in [0.1, 0.15) is 46.8 Å². The summed E-state index contributed by atoms with van der Waals surface area (Å²) < 4.78 is 0. The van der Waals surface area contributed by atoms with Crippen molar-refractivity contribution >= 4 is 17.7 Å². The van der Waals surface area contributed by atoms with Crippen molar-refractivity contribution < 1.29 is 14.4 Å². The van der Waals surface area contributed by atoms with Gasteiger partial charge >= 0.3 is 0 Å². The van der Waals surface area contributed by atoms with Crippen LogP contribution in [-0.4, -0.2) is 34.7 Å². The molecule has 3 heterocycles. The van der Waals surface area contributed by atoms with Crippen LogP contribution in [0.4, 0.5) is 0 Å². The van der Waals surface area contributed by atoms with Crippen molar-refractivity contribution in [2.75, 3.05) is 6.54 Å². The molecule has 6 nitrogen and oxygen atoms in total. The van der Waals surface area contributed by atoms with E-state index in [0.29, 0.717) is 18.5 Å². The number of carbonyl (C=O) groups is 3. The maximum atomic E-state index is 12.9. The van der Waals surface area contributed by atoms with Crippen LogP contribution in [0.15, 0.2) is 12.1 Å². The molecule has 4 rings (SSSR count). The van der Waals surface area contributed by atoms with Crippen molar-refractivity contribution in [3.8, 4) is 0 Å². The molecule has 0 bridgehead atoms. The number of piperidine rings is 1. The molecule has 0 aromatic heterocycles. The maximum Gasteiger partial charge on any atom is 0.255 e. The minimum atomic E-state index is -0.959. The molecule has 0 saturated carbocycles. The molecule has 6 heteroatoms. The zero-order valence-electron chi connectivity index (χ0n) is 13.1. The first-order chi connectivity index (χ1) is 11.0. The number of benzene rings is 1. The first-order valence-corrected chi connectivity index (χ1v) is 8.01. The molecule has 1 aromatic rings. The van der Waals surface area contributed by atoms with Crippen LogP contribution >= 0.6 is 0 Å². The van der Waals surface area contributed by atoms with E-state index >= 15 is 0 Å². The molecule has 1 saturated heterocycles. The Balaban J connectivity index is 1.72. The standard InChI is InChI=1S/C17H19N3O3/c1-17(6-4-14(21)19-16(17)23)20-9-13-11(15(20)22)3-2-10-5-7-18-8-12(10)13/h2-3,18H,4-9H2,1H3,(H,19,21,23). The summed E-state index contributed by atoms with van der Waals surface area (Å²) in [6.07, 6.45) is 1.60. The average Bonchev–Trinajstić information content (AvgIpc) is 2.89. The molecular weight excluding hydrogens is 294 g/mol. The Kier molecular flexibility index (Phi) is 3.06. The van der Waals surface area contributed by atoms with Crippen LogP contribution < -0.4 is 10.6 Å². The van der Waals surface area contributed by atoms with E-state index in [2.05, 4.69) is 10.6 Å². The zero-order valence-corrected chi connectivity index (χ0v) is 13.1. The predicted molar refractivity (Wildman–Crippen MR) is 82.5 cm³/mol. The van der Waals surface area contributed by atoms with Gasteiger partial charge < -0.3 is 10.2 Å². The lowest BCUT2D eigenvalue weighted by Gasteiger charge is -2.39. The predicted octanol–water partition coefficient (Wildman–Crippen LogP) is 0.483. The monoisotopic (exact) mass is 313 g/mol. The van der Waals surface area contributed by atoms with E-state index in [9.17, 15) is 14.4 Å². The zero-order chi connectivity index (χ0) is 16.2. The lowest BCUT2D eigenvalue weighted by molar-refractivity contribution is -0.142. The molecular formula is C17H19N3O3. The minimum Gasteiger partial charge on any atom is -0.320 e. The Morgan fingerprint density at radius 3 is 2.74 bits per heavy atom. The van der Waals surface area contributed by atoms with Crippen molar-refractivity contribution in [1.82, 2.24) is 15.5 Å². The summed E-state index contributed by atoms with van der Waals surface area (Å²) in [6.45, 7) is 3.91. The summed E-state index contributed by atoms with van der Waals surface area (Å²) in [5, 5.41) is 5.72. The van der Waals surface area contributed by atoms with E-state index in [1.807, 2.05) is 12.1 Å². The topological polar surface area (TPSA) is 78.5 Å². The molecule has 23 heavy (non-hydrogen) atoms. The molecule has 0 aliphatic carbocycles. The molecule has 120 valence electrons. The number of carbonyl (C=O) groups excluding carboxylic acids is 3. The van der Waals surface area contributed by atoms with Crippen LogP contribution in [0.5, 0.6) is 0 Å². The summed E-state index contributed by atoms with van der Waals surface area (Å²) >= 11 is 0. The van der Waals surface area contributed by atoms with Gasteiger partial charge in [0.1, 0.15) is 5.54 Å². The maximum absolute atomic E-state index is 12.9. The average molecular weight is 313 g/mol. The van der Waals surface area contributed by atoms with Gasteiger partial charge in [-0.3, -0.25) is 19.7 Å². The molecule has 1 atom stereocenters. The summed E-state index contributed by atoms with van der Waals surface area (Å²) in [7, 11) is 0. The number of rotatable bonds is 1. The summed E-state index contributed by atoms with van der Waals surface area (Å²) in [6, 6.07) is 3.92. The van der Waals surface area contributed by atoms with E-state index in [0.717, 1.165) is 25.1 Å². The minimum absolute atomic E-state index is 0.111. The van der Waals surface area contributed by atoms with Gasteiger partial charge in [-0.2, -0.15) is 0 Å². The highest BCUT2D eigenvalue weighted by molar-refractivity contribution is 6.07. The highest BCUT2D eigenvalue weighted by Crippen LogP contribution is 2.36. The second-order valence-corrected chi connectivity index (χ2v) is 6.70. The molecule has 3 aliphatic heterocycles. The molecule has 3 aliphatic rings.